The molecule has 1 aliphatic heterocycles. The van der Waals surface area contributed by atoms with Crippen molar-refractivity contribution in [1.29, 1.82) is 0 Å². The maximum absolute atomic E-state index is 12.1. The predicted molar refractivity (Wildman–Crippen MR) is 93.2 cm³/mol. The first kappa shape index (κ1) is 21.0. The second-order valence-corrected chi connectivity index (χ2v) is 6.00. The third kappa shape index (κ3) is 6.08. The summed E-state index contributed by atoms with van der Waals surface area (Å²) in [5, 5.41) is 20.5. The first-order valence-electron chi connectivity index (χ1n) is 8.11. The number of hydrogen-bond acceptors (Lipinski definition) is 6. The molecule has 1 aromatic heterocycles. The predicted octanol–water partition coefficient (Wildman–Crippen LogP) is 0.341. The van der Waals surface area contributed by atoms with E-state index in [1.54, 1.807) is 12.1 Å². The van der Waals surface area contributed by atoms with Crippen LogP contribution in [0.15, 0.2) is 18.3 Å². The lowest BCUT2D eigenvalue weighted by Crippen LogP contribution is -2.51. The molecule has 1 aliphatic rings. The number of aliphatic hydroxyl groups is 1. The Morgan fingerprint density at radius 3 is 2.52 bits per heavy atom. The van der Waals surface area contributed by atoms with Gasteiger partial charge >= 0.3 is 0 Å². The SMILES string of the molecule is C.C[C@@H](O)[C@H](NC(=O)c1ccc(CCN2CCCC2)nc1)C(=O)NO. The van der Waals surface area contributed by atoms with E-state index in [2.05, 4.69) is 15.2 Å². The van der Waals surface area contributed by atoms with Gasteiger partial charge in [-0.3, -0.25) is 19.8 Å². The molecule has 0 spiro atoms. The standard InChI is InChI=1S/C16H24N4O4.CH4/c1-11(21)14(16(23)19-24)18-15(22)12-4-5-13(17-10-12)6-9-20-7-2-3-8-20;/h4-5,10-11,14,21,24H,2-3,6-9H2,1H3,(H,18,22)(H,19,23);1H4/t11-,14+;/m1./s1. The second-order valence-electron chi connectivity index (χ2n) is 6.00. The Bertz CT molecular complexity index is 556. The Labute approximate surface area is 148 Å². The highest BCUT2D eigenvalue weighted by atomic mass is 16.5. The molecule has 0 bridgehead atoms. The smallest absolute Gasteiger partial charge is 0.268 e. The van der Waals surface area contributed by atoms with Crippen LogP contribution in [-0.4, -0.2) is 63.8 Å². The van der Waals surface area contributed by atoms with Crippen molar-refractivity contribution in [3.8, 4) is 0 Å². The van der Waals surface area contributed by atoms with Crippen LogP contribution in [0.4, 0.5) is 0 Å². The van der Waals surface area contributed by atoms with Crippen LogP contribution in [0, 0.1) is 0 Å². The van der Waals surface area contributed by atoms with Gasteiger partial charge < -0.3 is 15.3 Å². The van der Waals surface area contributed by atoms with Gasteiger partial charge in [0.05, 0.1) is 11.7 Å². The van der Waals surface area contributed by atoms with Gasteiger partial charge in [-0.15, -0.1) is 0 Å². The second kappa shape index (κ2) is 10.1. The number of aromatic nitrogens is 1. The number of likely N-dealkylation sites (tertiary alicyclic amines) is 1. The van der Waals surface area contributed by atoms with Gasteiger partial charge in [0.2, 0.25) is 0 Å². The lowest BCUT2D eigenvalue weighted by Gasteiger charge is -2.19. The van der Waals surface area contributed by atoms with Crippen LogP contribution in [0.1, 0.15) is 43.2 Å². The largest absolute Gasteiger partial charge is 0.391 e. The van der Waals surface area contributed by atoms with Gasteiger partial charge in [-0.2, -0.15) is 0 Å². The molecule has 25 heavy (non-hydrogen) atoms. The molecule has 0 radical (unpaired) electrons. The molecule has 2 heterocycles. The number of hydrogen-bond donors (Lipinski definition) is 4. The summed E-state index contributed by atoms with van der Waals surface area (Å²) in [6.07, 6.45) is 3.63. The lowest BCUT2D eigenvalue weighted by atomic mass is 10.1. The van der Waals surface area contributed by atoms with Gasteiger partial charge in [-0.25, -0.2) is 5.48 Å². The van der Waals surface area contributed by atoms with E-state index >= 15 is 0 Å². The summed E-state index contributed by atoms with van der Waals surface area (Å²) in [5.41, 5.74) is 2.61. The van der Waals surface area contributed by atoms with Crippen molar-refractivity contribution in [1.82, 2.24) is 20.7 Å². The van der Waals surface area contributed by atoms with E-state index in [-0.39, 0.29) is 13.0 Å². The number of aliphatic hydroxyl groups excluding tert-OH is 1. The molecular weight excluding hydrogens is 324 g/mol. The zero-order chi connectivity index (χ0) is 17.5. The average Bonchev–Trinajstić information content (AvgIpc) is 3.10. The Morgan fingerprint density at radius 1 is 1.32 bits per heavy atom. The minimum atomic E-state index is -1.24. The Morgan fingerprint density at radius 2 is 2.00 bits per heavy atom. The van der Waals surface area contributed by atoms with Gasteiger partial charge in [0.1, 0.15) is 6.04 Å². The molecule has 8 nitrogen and oxygen atoms in total. The van der Waals surface area contributed by atoms with Crippen LogP contribution in [0.3, 0.4) is 0 Å². The fourth-order valence-electron chi connectivity index (χ4n) is 2.68. The summed E-state index contributed by atoms with van der Waals surface area (Å²) in [5.74, 6) is -1.42. The maximum atomic E-state index is 12.1. The van der Waals surface area contributed by atoms with Crippen molar-refractivity contribution in [3.63, 3.8) is 0 Å². The van der Waals surface area contributed by atoms with Crippen molar-refractivity contribution in [2.75, 3.05) is 19.6 Å². The van der Waals surface area contributed by atoms with Gasteiger partial charge in [-0.05, 0) is 45.0 Å². The molecule has 1 fully saturated rings. The summed E-state index contributed by atoms with van der Waals surface area (Å²) < 4.78 is 0. The highest BCUT2D eigenvalue weighted by Crippen LogP contribution is 2.09. The van der Waals surface area contributed by atoms with Crippen LogP contribution in [0.2, 0.25) is 0 Å². The van der Waals surface area contributed by atoms with E-state index in [4.69, 9.17) is 5.21 Å². The number of hydroxylamine groups is 1. The molecule has 1 aromatic rings. The number of rotatable bonds is 7. The Kier molecular flexibility index (Phi) is 8.47. The normalized spacial score (nSPS) is 16.6. The Hall–Kier alpha value is -2.03. The lowest BCUT2D eigenvalue weighted by molar-refractivity contribution is -0.133. The molecule has 8 heteroatoms. The van der Waals surface area contributed by atoms with Crippen LogP contribution in [0.5, 0.6) is 0 Å². The van der Waals surface area contributed by atoms with Gasteiger partial charge in [0, 0.05) is 24.9 Å². The molecule has 4 N–H and O–H groups in total. The number of nitrogens with zero attached hydrogens (tertiary/aromatic N) is 2. The van der Waals surface area contributed by atoms with E-state index in [0.717, 1.165) is 31.7 Å². The van der Waals surface area contributed by atoms with E-state index in [9.17, 15) is 14.7 Å². The van der Waals surface area contributed by atoms with Crippen molar-refractivity contribution in [2.24, 2.45) is 0 Å². The topological polar surface area (TPSA) is 115 Å². The molecule has 2 atom stereocenters. The number of carbonyl (C=O) groups is 2. The van der Waals surface area contributed by atoms with E-state index in [1.807, 2.05) is 0 Å². The van der Waals surface area contributed by atoms with Gasteiger partial charge in [-0.1, -0.05) is 7.43 Å². The third-order valence-electron chi connectivity index (χ3n) is 4.13. The molecular formula is C17H28N4O4. The van der Waals surface area contributed by atoms with Crippen LogP contribution in [0.25, 0.3) is 0 Å². The summed E-state index contributed by atoms with van der Waals surface area (Å²) in [6.45, 7) is 4.57. The fraction of sp³-hybridized carbons (Fsp3) is 0.588. The monoisotopic (exact) mass is 352 g/mol. The first-order chi connectivity index (χ1) is 11.5. The minimum Gasteiger partial charge on any atom is -0.391 e. The average molecular weight is 352 g/mol. The van der Waals surface area contributed by atoms with Crippen molar-refractivity contribution >= 4 is 11.8 Å². The number of carbonyl (C=O) groups excluding carboxylic acids is 2. The summed E-state index contributed by atoms with van der Waals surface area (Å²) >= 11 is 0. The van der Waals surface area contributed by atoms with Gasteiger partial charge in [0.15, 0.2) is 0 Å². The molecule has 0 aromatic carbocycles. The van der Waals surface area contributed by atoms with Crippen molar-refractivity contribution < 1.29 is 19.9 Å². The van der Waals surface area contributed by atoms with Gasteiger partial charge in [0.25, 0.3) is 11.8 Å². The van der Waals surface area contributed by atoms with Crippen LogP contribution in [-0.2, 0) is 11.2 Å². The quantitative estimate of drug-likeness (QED) is 0.416. The molecule has 140 valence electrons. The number of pyridine rings is 1. The third-order valence-corrected chi connectivity index (χ3v) is 4.13. The highest BCUT2D eigenvalue weighted by Gasteiger charge is 2.25. The number of nitrogens with one attached hydrogen (secondary N) is 2. The first-order valence-corrected chi connectivity index (χ1v) is 8.11. The zero-order valence-electron chi connectivity index (χ0n) is 13.7. The summed E-state index contributed by atoms with van der Waals surface area (Å²) in [6, 6.07) is 2.18. The Balaban J connectivity index is 0.00000312. The minimum absolute atomic E-state index is 0. The van der Waals surface area contributed by atoms with Crippen LogP contribution >= 0.6 is 0 Å². The molecule has 0 unspecified atom stereocenters. The van der Waals surface area contributed by atoms with Crippen LogP contribution < -0.4 is 10.8 Å². The molecule has 0 aliphatic carbocycles. The molecule has 0 saturated carbocycles. The maximum Gasteiger partial charge on any atom is 0.268 e. The zero-order valence-corrected chi connectivity index (χ0v) is 13.7. The summed E-state index contributed by atoms with van der Waals surface area (Å²) in [4.78, 5) is 30.2. The number of amides is 2. The van der Waals surface area contributed by atoms with E-state index in [0.29, 0.717) is 0 Å². The summed E-state index contributed by atoms with van der Waals surface area (Å²) in [7, 11) is 0. The van der Waals surface area contributed by atoms with E-state index in [1.165, 1.54) is 31.4 Å². The van der Waals surface area contributed by atoms with Crippen molar-refractivity contribution in [3.05, 3.63) is 29.6 Å². The fourth-order valence-corrected chi connectivity index (χ4v) is 2.68. The van der Waals surface area contributed by atoms with Crippen molar-refractivity contribution in [2.45, 2.75) is 45.8 Å². The highest BCUT2D eigenvalue weighted by molar-refractivity contribution is 5.97. The molecule has 2 rings (SSSR count). The van der Waals surface area contributed by atoms with E-state index < -0.39 is 24.0 Å². The molecule has 1 saturated heterocycles. The molecule has 2 amide bonds.